The summed E-state index contributed by atoms with van der Waals surface area (Å²) < 4.78 is 6.83. The average molecular weight is 318 g/mol. The fraction of sp³-hybridized carbons (Fsp3) is 0.167. The Hall–Kier alpha value is -0.510. The van der Waals surface area contributed by atoms with Gasteiger partial charge in [0.2, 0.25) is 0 Å². The first-order valence-electron chi connectivity index (χ1n) is 4.79. The van der Waals surface area contributed by atoms with Gasteiger partial charge in [-0.1, -0.05) is 18.2 Å². The summed E-state index contributed by atoms with van der Waals surface area (Å²) >= 11 is 10.9. The standard InChI is InChI=1S/C12H10BrClOS/c13-10-5-11(16-8-10)7-15-12-4-2-1-3-9(12)6-14/h1-5,8H,6-7H2. The number of alkyl halides is 1. The van der Waals surface area contributed by atoms with Crippen LogP contribution in [0.1, 0.15) is 10.4 Å². The van der Waals surface area contributed by atoms with Crippen molar-refractivity contribution in [2.45, 2.75) is 12.5 Å². The molecule has 1 nitrogen and oxygen atoms in total. The van der Waals surface area contributed by atoms with E-state index in [1.54, 1.807) is 11.3 Å². The third-order valence-electron chi connectivity index (χ3n) is 2.11. The minimum atomic E-state index is 0.476. The highest BCUT2D eigenvalue weighted by Crippen LogP contribution is 2.24. The monoisotopic (exact) mass is 316 g/mol. The lowest BCUT2D eigenvalue weighted by Gasteiger charge is -2.08. The van der Waals surface area contributed by atoms with Gasteiger partial charge in [-0.05, 0) is 28.1 Å². The number of ether oxygens (including phenoxy) is 1. The first-order chi connectivity index (χ1) is 7.79. The van der Waals surface area contributed by atoms with Gasteiger partial charge in [0.05, 0.1) is 5.88 Å². The Morgan fingerprint density at radius 2 is 2.12 bits per heavy atom. The van der Waals surface area contributed by atoms with Gasteiger partial charge in [-0.15, -0.1) is 22.9 Å². The number of hydrogen-bond donors (Lipinski definition) is 0. The van der Waals surface area contributed by atoms with E-state index in [1.807, 2.05) is 29.6 Å². The summed E-state index contributed by atoms with van der Waals surface area (Å²) in [5.74, 6) is 1.34. The summed E-state index contributed by atoms with van der Waals surface area (Å²) in [6, 6.07) is 9.91. The van der Waals surface area contributed by atoms with E-state index in [-0.39, 0.29) is 0 Å². The van der Waals surface area contributed by atoms with E-state index >= 15 is 0 Å². The highest BCUT2D eigenvalue weighted by atomic mass is 79.9. The van der Waals surface area contributed by atoms with Crippen LogP contribution >= 0.6 is 38.9 Å². The van der Waals surface area contributed by atoms with Crippen LogP contribution in [-0.2, 0) is 12.5 Å². The molecule has 2 aromatic rings. The molecule has 0 amide bonds. The number of hydrogen-bond acceptors (Lipinski definition) is 2. The molecule has 0 N–H and O–H groups in total. The van der Waals surface area contributed by atoms with Crippen LogP contribution < -0.4 is 4.74 Å². The number of para-hydroxylation sites is 1. The zero-order valence-corrected chi connectivity index (χ0v) is 11.6. The zero-order chi connectivity index (χ0) is 11.4. The van der Waals surface area contributed by atoms with Crippen LogP contribution in [0.5, 0.6) is 5.75 Å². The molecule has 0 saturated heterocycles. The second kappa shape index (κ2) is 5.71. The number of halogens is 2. The van der Waals surface area contributed by atoms with Crippen LogP contribution in [-0.4, -0.2) is 0 Å². The highest BCUT2D eigenvalue weighted by Gasteiger charge is 2.03. The van der Waals surface area contributed by atoms with E-state index in [2.05, 4.69) is 22.0 Å². The van der Waals surface area contributed by atoms with Crippen molar-refractivity contribution in [3.8, 4) is 5.75 Å². The van der Waals surface area contributed by atoms with Gasteiger partial charge in [0.15, 0.2) is 0 Å². The SMILES string of the molecule is ClCc1ccccc1OCc1cc(Br)cs1. The highest BCUT2D eigenvalue weighted by molar-refractivity contribution is 9.10. The van der Waals surface area contributed by atoms with Crippen molar-refractivity contribution in [1.82, 2.24) is 0 Å². The fourth-order valence-electron chi connectivity index (χ4n) is 1.33. The summed E-state index contributed by atoms with van der Waals surface area (Å²) in [7, 11) is 0. The van der Waals surface area contributed by atoms with Gasteiger partial charge in [-0.2, -0.15) is 0 Å². The lowest BCUT2D eigenvalue weighted by atomic mass is 10.2. The minimum absolute atomic E-state index is 0.476. The summed E-state index contributed by atoms with van der Waals surface area (Å²) in [6.45, 7) is 0.587. The molecule has 16 heavy (non-hydrogen) atoms. The van der Waals surface area contributed by atoms with Crippen LogP contribution in [0.15, 0.2) is 40.2 Å². The third-order valence-corrected chi connectivity index (χ3v) is 4.07. The van der Waals surface area contributed by atoms with Crippen LogP contribution in [0, 0.1) is 0 Å². The van der Waals surface area contributed by atoms with Crippen molar-refractivity contribution >= 4 is 38.9 Å². The Labute approximate surface area is 112 Å². The molecule has 84 valence electrons. The van der Waals surface area contributed by atoms with Gasteiger partial charge in [0.25, 0.3) is 0 Å². The minimum Gasteiger partial charge on any atom is -0.488 e. The smallest absolute Gasteiger partial charge is 0.124 e. The van der Waals surface area contributed by atoms with Crippen LogP contribution in [0.2, 0.25) is 0 Å². The molecule has 2 rings (SSSR count). The number of thiophene rings is 1. The van der Waals surface area contributed by atoms with Gasteiger partial charge in [-0.25, -0.2) is 0 Å². The Morgan fingerprint density at radius 1 is 1.31 bits per heavy atom. The topological polar surface area (TPSA) is 9.23 Å². The van der Waals surface area contributed by atoms with E-state index in [9.17, 15) is 0 Å². The Kier molecular flexibility index (Phi) is 4.27. The van der Waals surface area contributed by atoms with Gasteiger partial charge in [0, 0.05) is 20.3 Å². The van der Waals surface area contributed by atoms with Gasteiger partial charge >= 0.3 is 0 Å². The van der Waals surface area contributed by atoms with Crippen molar-refractivity contribution in [1.29, 1.82) is 0 Å². The van der Waals surface area contributed by atoms with Crippen LogP contribution in [0.3, 0.4) is 0 Å². The second-order valence-corrected chi connectivity index (χ2v) is 5.44. The molecule has 0 bridgehead atoms. The van der Waals surface area contributed by atoms with Crippen molar-refractivity contribution < 1.29 is 4.74 Å². The maximum atomic E-state index is 5.83. The average Bonchev–Trinajstić information content (AvgIpc) is 2.73. The van der Waals surface area contributed by atoms with E-state index in [0.29, 0.717) is 12.5 Å². The molecule has 0 unspecified atom stereocenters. The van der Waals surface area contributed by atoms with E-state index in [1.165, 1.54) is 4.88 Å². The molecule has 1 aromatic carbocycles. The first kappa shape index (κ1) is 12.0. The molecular weight excluding hydrogens is 308 g/mol. The molecule has 0 aliphatic heterocycles. The van der Waals surface area contributed by atoms with Crippen molar-refractivity contribution in [2.24, 2.45) is 0 Å². The molecule has 4 heteroatoms. The Balaban J connectivity index is 2.04. The summed E-state index contributed by atoms with van der Waals surface area (Å²) in [5, 5.41) is 2.05. The number of benzene rings is 1. The normalized spacial score (nSPS) is 10.4. The summed E-state index contributed by atoms with van der Waals surface area (Å²) in [4.78, 5) is 1.19. The first-order valence-corrected chi connectivity index (χ1v) is 7.00. The van der Waals surface area contributed by atoms with Crippen molar-refractivity contribution in [3.63, 3.8) is 0 Å². The maximum absolute atomic E-state index is 5.83. The summed E-state index contributed by atoms with van der Waals surface area (Å²) in [5.41, 5.74) is 1.03. The quantitative estimate of drug-likeness (QED) is 0.734. The molecule has 0 spiro atoms. The van der Waals surface area contributed by atoms with E-state index < -0.39 is 0 Å². The molecule has 0 aliphatic rings. The lowest BCUT2D eigenvalue weighted by Crippen LogP contribution is -1.95. The zero-order valence-electron chi connectivity index (χ0n) is 8.45. The Bertz CT molecular complexity index is 470. The van der Waals surface area contributed by atoms with Crippen molar-refractivity contribution in [2.75, 3.05) is 0 Å². The second-order valence-electron chi connectivity index (χ2n) is 3.26. The summed E-state index contributed by atoms with van der Waals surface area (Å²) in [6.07, 6.45) is 0. The molecule has 0 radical (unpaired) electrons. The Morgan fingerprint density at radius 3 is 2.81 bits per heavy atom. The molecule has 0 fully saturated rings. The molecule has 0 saturated carbocycles. The predicted octanol–water partition coefficient (Wildman–Crippen LogP) is 4.83. The van der Waals surface area contributed by atoms with Crippen LogP contribution in [0.4, 0.5) is 0 Å². The molecule has 0 aliphatic carbocycles. The molecule has 1 aromatic heterocycles. The van der Waals surface area contributed by atoms with Gasteiger partial charge < -0.3 is 4.74 Å². The molecule has 0 atom stereocenters. The molecular formula is C12H10BrClOS. The molecule has 1 heterocycles. The lowest BCUT2D eigenvalue weighted by molar-refractivity contribution is 0.307. The van der Waals surface area contributed by atoms with Crippen LogP contribution in [0.25, 0.3) is 0 Å². The van der Waals surface area contributed by atoms with Gasteiger partial charge in [-0.3, -0.25) is 0 Å². The van der Waals surface area contributed by atoms with Gasteiger partial charge in [0.1, 0.15) is 12.4 Å². The fourth-order valence-corrected chi connectivity index (χ4v) is 2.92. The maximum Gasteiger partial charge on any atom is 0.124 e. The van der Waals surface area contributed by atoms with Crippen molar-refractivity contribution in [3.05, 3.63) is 50.6 Å². The van der Waals surface area contributed by atoms with E-state index in [0.717, 1.165) is 15.8 Å². The van der Waals surface area contributed by atoms with E-state index in [4.69, 9.17) is 16.3 Å². The largest absolute Gasteiger partial charge is 0.488 e. The third kappa shape index (κ3) is 3.00. The predicted molar refractivity (Wildman–Crippen MR) is 72.4 cm³/mol. The number of rotatable bonds is 4.